The van der Waals surface area contributed by atoms with Gasteiger partial charge in [0, 0.05) is 17.7 Å². The maximum Gasteiger partial charge on any atom is 0.387 e. The maximum atomic E-state index is 12.6. The second-order valence-corrected chi connectivity index (χ2v) is 5.15. The van der Waals surface area contributed by atoms with E-state index in [1.807, 2.05) is 20.8 Å². The maximum absolute atomic E-state index is 12.6. The van der Waals surface area contributed by atoms with Crippen molar-refractivity contribution >= 4 is 5.96 Å². The quantitative estimate of drug-likeness (QED) is 0.539. The highest BCUT2D eigenvalue weighted by molar-refractivity contribution is 5.78. The molecular weight excluding hydrogens is 304 g/mol. The van der Waals surface area contributed by atoms with Crippen molar-refractivity contribution in [3.8, 4) is 11.5 Å². The Balaban J connectivity index is 2.84. The SMILES string of the molecule is CCCOc1ccc(CN=C(N)NC(C)CC)c(OC(F)F)c1. The minimum atomic E-state index is -2.91. The Hall–Kier alpha value is -2.05. The summed E-state index contributed by atoms with van der Waals surface area (Å²) in [5.41, 5.74) is 6.29. The van der Waals surface area contributed by atoms with Gasteiger partial charge in [-0.25, -0.2) is 4.99 Å². The molecule has 1 rings (SSSR count). The fourth-order valence-corrected chi connectivity index (χ4v) is 1.75. The highest BCUT2D eigenvalue weighted by Gasteiger charge is 2.11. The van der Waals surface area contributed by atoms with E-state index in [1.165, 1.54) is 6.07 Å². The van der Waals surface area contributed by atoms with Crippen LogP contribution >= 0.6 is 0 Å². The van der Waals surface area contributed by atoms with E-state index in [4.69, 9.17) is 10.5 Å². The summed E-state index contributed by atoms with van der Waals surface area (Å²) < 4.78 is 35.1. The summed E-state index contributed by atoms with van der Waals surface area (Å²) in [5, 5.41) is 3.01. The van der Waals surface area contributed by atoms with Crippen molar-refractivity contribution in [1.29, 1.82) is 0 Å². The van der Waals surface area contributed by atoms with Crippen LogP contribution in [0.25, 0.3) is 0 Å². The molecule has 130 valence electrons. The lowest BCUT2D eigenvalue weighted by Crippen LogP contribution is -2.38. The summed E-state index contributed by atoms with van der Waals surface area (Å²) in [6.45, 7) is 3.72. The van der Waals surface area contributed by atoms with Gasteiger partial charge in [0.1, 0.15) is 11.5 Å². The predicted octanol–water partition coefficient (Wildman–Crippen LogP) is 3.28. The molecule has 3 N–H and O–H groups in total. The number of guanidine groups is 1. The van der Waals surface area contributed by atoms with Crippen molar-refractivity contribution in [2.24, 2.45) is 10.7 Å². The number of rotatable bonds is 9. The third kappa shape index (κ3) is 7.17. The van der Waals surface area contributed by atoms with Gasteiger partial charge in [-0.1, -0.05) is 13.8 Å². The smallest absolute Gasteiger partial charge is 0.387 e. The number of nitrogens with zero attached hydrogens (tertiary/aromatic N) is 1. The number of nitrogens with one attached hydrogen (secondary N) is 1. The van der Waals surface area contributed by atoms with Crippen LogP contribution in [0.4, 0.5) is 8.78 Å². The van der Waals surface area contributed by atoms with Gasteiger partial charge >= 0.3 is 6.61 Å². The first-order valence-electron chi connectivity index (χ1n) is 7.73. The van der Waals surface area contributed by atoms with Crippen LogP contribution in [0.2, 0.25) is 0 Å². The zero-order valence-corrected chi connectivity index (χ0v) is 13.8. The minimum absolute atomic E-state index is 0.0497. The molecule has 7 heteroatoms. The van der Waals surface area contributed by atoms with E-state index in [9.17, 15) is 8.78 Å². The average molecular weight is 329 g/mol. The Bertz CT molecular complexity index is 510. The van der Waals surface area contributed by atoms with Crippen LogP contribution in [0.3, 0.4) is 0 Å². The predicted molar refractivity (Wildman–Crippen MR) is 87.1 cm³/mol. The Morgan fingerprint density at radius 1 is 1.35 bits per heavy atom. The molecule has 0 fully saturated rings. The molecule has 0 aliphatic heterocycles. The van der Waals surface area contributed by atoms with Crippen molar-refractivity contribution in [3.63, 3.8) is 0 Å². The summed E-state index contributed by atoms with van der Waals surface area (Å²) in [7, 11) is 0. The van der Waals surface area contributed by atoms with Crippen molar-refractivity contribution in [3.05, 3.63) is 23.8 Å². The van der Waals surface area contributed by atoms with Crippen LogP contribution in [-0.2, 0) is 6.54 Å². The van der Waals surface area contributed by atoms with Gasteiger partial charge in [-0.3, -0.25) is 0 Å². The Labute approximate surface area is 135 Å². The molecule has 5 nitrogen and oxygen atoms in total. The number of benzene rings is 1. The molecule has 0 aliphatic carbocycles. The van der Waals surface area contributed by atoms with E-state index in [-0.39, 0.29) is 24.3 Å². The first-order valence-corrected chi connectivity index (χ1v) is 7.73. The lowest BCUT2D eigenvalue weighted by molar-refractivity contribution is -0.0505. The molecule has 0 aliphatic rings. The van der Waals surface area contributed by atoms with E-state index in [0.717, 1.165) is 12.8 Å². The first kappa shape index (κ1) is 19.0. The summed E-state index contributed by atoms with van der Waals surface area (Å²) in [5.74, 6) is 0.809. The normalized spacial score (nSPS) is 13.0. The highest BCUT2D eigenvalue weighted by atomic mass is 19.3. The van der Waals surface area contributed by atoms with Crippen LogP contribution in [0.15, 0.2) is 23.2 Å². The second kappa shape index (κ2) is 9.86. The van der Waals surface area contributed by atoms with Crippen LogP contribution in [-0.4, -0.2) is 25.2 Å². The van der Waals surface area contributed by atoms with E-state index in [1.54, 1.807) is 12.1 Å². The molecule has 0 heterocycles. The molecule has 1 atom stereocenters. The average Bonchev–Trinajstić information content (AvgIpc) is 2.51. The van der Waals surface area contributed by atoms with Gasteiger partial charge in [0.25, 0.3) is 0 Å². The number of ether oxygens (including phenoxy) is 2. The van der Waals surface area contributed by atoms with Crippen LogP contribution in [0, 0.1) is 0 Å². The van der Waals surface area contributed by atoms with Crippen molar-refractivity contribution < 1.29 is 18.3 Å². The molecule has 1 aromatic rings. The van der Waals surface area contributed by atoms with Gasteiger partial charge in [0.2, 0.25) is 0 Å². The molecule has 0 bridgehead atoms. The number of hydrogen-bond acceptors (Lipinski definition) is 3. The molecule has 0 spiro atoms. The van der Waals surface area contributed by atoms with E-state index in [2.05, 4.69) is 15.0 Å². The fourth-order valence-electron chi connectivity index (χ4n) is 1.75. The summed E-state index contributed by atoms with van der Waals surface area (Å²) in [4.78, 5) is 4.16. The Morgan fingerprint density at radius 3 is 2.70 bits per heavy atom. The van der Waals surface area contributed by atoms with Gasteiger partial charge in [-0.15, -0.1) is 0 Å². The largest absolute Gasteiger partial charge is 0.493 e. The molecule has 1 aromatic carbocycles. The third-order valence-electron chi connectivity index (χ3n) is 3.15. The van der Waals surface area contributed by atoms with Gasteiger partial charge in [0.05, 0.1) is 13.2 Å². The molecule has 0 radical (unpaired) electrons. The zero-order valence-electron chi connectivity index (χ0n) is 13.8. The summed E-state index contributed by atoms with van der Waals surface area (Å²) in [6, 6.07) is 5.01. The number of hydrogen-bond donors (Lipinski definition) is 2. The minimum Gasteiger partial charge on any atom is -0.493 e. The Kier molecular flexibility index (Phi) is 8.15. The van der Waals surface area contributed by atoms with Gasteiger partial charge in [-0.2, -0.15) is 8.78 Å². The number of halogens is 2. The standard InChI is InChI=1S/C16H25F2N3O2/c1-4-8-22-13-7-6-12(14(9-13)23-15(17)18)10-20-16(19)21-11(3)5-2/h6-7,9,11,15H,4-5,8,10H2,1-3H3,(H3,19,20,21). The third-order valence-corrected chi connectivity index (χ3v) is 3.15. The Morgan fingerprint density at radius 2 is 2.09 bits per heavy atom. The summed E-state index contributed by atoms with van der Waals surface area (Å²) >= 11 is 0. The first-order chi connectivity index (χ1) is 11.0. The monoisotopic (exact) mass is 329 g/mol. The zero-order chi connectivity index (χ0) is 17.2. The van der Waals surface area contributed by atoms with E-state index in [0.29, 0.717) is 17.9 Å². The number of aliphatic imine (C=N–C) groups is 1. The molecular formula is C16H25F2N3O2. The lowest BCUT2D eigenvalue weighted by atomic mass is 10.2. The molecule has 0 saturated heterocycles. The molecule has 1 unspecified atom stereocenters. The summed E-state index contributed by atoms with van der Waals surface area (Å²) in [6.07, 6.45) is 1.73. The molecule has 0 saturated carbocycles. The van der Waals surface area contributed by atoms with E-state index < -0.39 is 6.61 Å². The number of nitrogens with two attached hydrogens (primary N) is 1. The second-order valence-electron chi connectivity index (χ2n) is 5.15. The highest BCUT2D eigenvalue weighted by Crippen LogP contribution is 2.27. The van der Waals surface area contributed by atoms with Crippen LogP contribution in [0.5, 0.6) is 11.5 Å². The van der Waals surface area contributed by atoms with Crippen LogP contribution < -0.4 is 20.5 Å². The van der Waals surface area contributed by atoms with E-state index >= 15 is 0 Å². The van der Waals surface area contributed by atoms with Gasteiger partial charge in [0.15, 0.2) is 5.96 Å². The fraction of sp³-hybridized carbons (Fsp3) is 0.562. The van der Waals surface area contributed by atoms with Crippen LogP contribution in [0.1, 0.15) is 39.2 Å². The number of alkyl halides is 2. The molecule has 0 aromatic heterocycles. The van der Waals surface area contributed by atoms with Crippen molar-refractivity contribution in [1.82, 2.24) is 5.32 Å². The molecule has 0 amide bonds. The lowest BCUT2D eigenvalue weighted by Gasteiger charge is -2.14. The topological polar surface area (TPSA) is 68.9 Å². The van der Waals surface area contributed by atoms with Gasteiger partial charge in [-0.05, 0) is 31.9 Å². The van der Waals surface area contributed by atoms with Crippen molar-refractivity contribution in [2.75, 3.05) is 6.61 Å². The van der Waals surface area contributed by atoms with Gasteiger partial charge < -0.3 is 20.5 Å². The van der Waals surface area contributed by atoms with Crippen molar-refractivity contribution in [2.45, 2.75) is 52.8 Å². The molecule has 23 heavy (non-hydrogen) atoms.